The van der Waals surface area contributed by atoms with E-state index in [1.165, 1.54) is 6.07 Å². The van der Waals surface area contributed by atoms with E-state index >= 15 is 0 Å². The molecule has 0 heterocycles. The average molecular weight is 227 g/mol. The third-order valence-electron chi connectivity index (χ3n) is 2.62. The summed E-state index contributed by atoms with van der Waals surface area (Å²) < 4.78 is 0. The minimum absolute atomic E-state index is 0.0242. The van der Waals surface area contributed by atoms with Gasteiger partial charge in [0.05, 0.1) is 5.56 Å². The van der Waals surface area contributed by atoms with Crippen LogP contribution in [0, 0.1) is 0 Å². The quantitative estimate of drug-likeness (QED) is 0.843. The van der Waals surface area contributed by atoms with E-state index in [1.807, 2.05) is 30.3 Å². The van der Waals surface area contributed by atoms with Gasteiger partial charge in [0.1, 0.15) is 5.75 Å². The second-order valence-corrected chi connectivity index (χ2v) is 3.84. The van der Waals surface area contributed by atoms with Gasteiger partial charge in [-0.15, -0.1) is 0 Å². The molecule has 0 bridgehead atoms. The highest BCUT2D eigenvalue weighted by atomic mass is 16.3. The van der Waals surface area contributed by atoms with Crippen LogP contribution in [-0.2, 0) is 6.42 Å². The predicted octanol–water partition coefficient (Wildman–Crippen LogP) is 2.08. The molecule has 0 saturated heterocycles. The summed E-state index contributed by atoms with van der Waals surface area (Å²) in [7, 11) is 0. The third-order valence-corrected chi connectivity index (χ3v) is 2.62. The maximum atomic E-state index is 11.1. The van der Waals surface area contributed by atoms with Crippen LogP contribution in [0.3, 0.4) is 0 Å². The number of amides is 1. The lowest BCUT2D eigenvalue weighted by atomic mass is 10.0. The zero-order valence-electron chi connectivity index (χ0n) is 9.26. The van der Waals surface area contributed by atoms with Gasteiger partial charge in [-0.3, -0.25) is 4.79 Å². The second kappa shape index (κ2) is 4.70. The molecule has 0 atom stereocenters. The molecule has 0 saturated carbocycles. The molecule has 0 unspecified atom stereocenters. The Labute approximate surface area is 99.5 Å². The van der Waals surface area contributed by atoms with Crippen LogP contribution in [0.1, 0.15) is 21.5 Å². The van der Waals surface area contributed by atoms with Crippen molar-refractivity contribution in [3.05, 3.63) is 65.2 Å². The van der Waals surface area contributed by atoms with Gasteiger partial charge < -0.3 is 10.8 Å². The summed E-state index contributed by atoms with van der Waals surface area (Å²) in [4.78, 5) is 11.1. The summed E-state index contributed by atoms with van der Waals surface area (Å²) in [6.07, 6.45) is 0.577. The van der Waals surface area contributed by atoms with Crippen molar-refractivity contribution in [3.63, 3.8) is 0 Å². The van der Waals surface area contributed by atoms with Crippen LogP contribution in [0.4, 0.5) is 0 Å². The van der Waals surface area contributed by atoms with Crippen molar-refractivity contribution in [2.75, 3.05) is 0 Å². The molecule has 0 radical (unpaired) electrons. The minimum Gasteiger partial charge on any atom is -0.507 e. The van der Waals surface area contributed by atoms with Crippen LogP contribution in [0.15, 0.2) is 48.5 Å². The molecule has 2 aromatic rings. The van der Waals surface area contributed by atoms with Crippen molar-refractivity contribution >= 4 is 5.91 Å². The summed E-state index contributed by atoms with van der Waals surface area (Å²) in [5.41, 5.74) is 7.12. The van der Waals surface area contributed by atoms with Crippen LogP contribution in [-0.4, -0.2) is 11.0 Å². The van der Waals surface area contributed by atoms with Crippen molar-refractivity contribution in [3.8, 4) is 5.75 Å². The maximum absolute atomic E-state index is 11.1. The van der Waals surface area contributed by atoms with Crippen LogP contribution >= 0.6 is 0 Å². The molecule has 3 nitrogen and oxygen atoms in total. The topological polar surface area (TPSA) is 63.3 Å². The molecule has 3 heteroatoms. The molecule has 2 rings (SSSR count). The van der Waals surface area contributed by atoms with Crippen molar-refractivity contribution in [2.24, 2.45) is 5.73 Å². The first-order valence-electron chi connectivity index (χ1n) is 5.33. The number of carbonyl (C=O) groups excluding carboxylic acids is 1. The van der Waals surface area contributed by atoms with Crippen LogP contribution in [0.5, 0.6) is 5.75 Å². The van der Waals surface area contributed by atoms with Gasteiger partial charge >= 0.3 is 0 Å². The first-order valence-corrected chi connectivity index (χ1v) is 5.33. The fourth-order valence-corrected chi connectivity index (χ4v) is 1.75. The van der Waals surface area contributed by atoms with Gasteiger partial charge in [0.25, 0.3) is 5.91 Å². The van der Waals surface area contributed by atoms with Crippen molar-refractivity contribution < 1.29 is 9.90 Å². The summed E-state index contributed by atoms with van der Waals surface area (Å²) in [6, 6.07) is 14.8. The van der Waals surface area contributed by atoms with E-state index in [-0.39, 0.29) is 11.3 Å². The zero-order valence-corrected chi connectivity index (χ0v) is 9.26. The SMILES string of the molecule is NC(=O)c1cccc(Cc2ccccc2)c1O. The van der Waals surface area contributed by atoms with E-state index in [2.05, 4.69) is 0 Å². The smallest absolute Gasteiger partial charge is 0.252 e. The van der Waals surface area contributed by atoms with Gasteiger partial charge in [0, 0.05) is 6.42 Å². The molecular formula is C14H13NO2. The summed E-state index contributed by atoms with van der Waals surface area (Å²) in [5, 5.41) is 9.92. The predicted molar refractivity (Wildman–Crippen MR) is 65.9 cm³/mol. The molecule has 3 N–H and O–H groups in total. The Morgan fingerprint density at radius 1 is 1.06 bits per heavy atom. The number of rotatable bonds is 3. The lowest BCUT2D eigenvalue weighted by molar-refractivity contribution is 0.0997. The van der Waals surface area contributed by atoms with E-state index in [9.17, 15) is 9.90 Å². The molecule has 2 aromatic carbocycles. The Kier molecular flexibility index (Phi) is 3.10. The number of primary amides is 1. The fraction of sp³-hybridized carbons (Fsp3) is 0.0714. The normalized spacial score (nSPS) is 10.1. The first kappa shape index (κ1) is 11.2. The maximum Gasteiger partial charge on any atom is 0.252 e. The molecule has 0 aliphatic carbocycles. The lowest BCUT2D eigenvalue weighted by Crippen LogP contribution is -2.11. The molecule has 1 amide bonds. The number of hydrogen-bond donors (Lipinski definition) is 2. The van der Waals surface area contributed by atoms with Gasteiger partial charge in [-0.05, 0) is 17.2 Å². The van der Waals surface area contributed by atoms with Crippen molar-refractivity contribution in [2.45, 2.75) is 6.42 Å². The third kappa shape index (κ3) is 2.45. The van der Waals surface area contributed by atoms with Gasteiger partial charge in [-0.1, -0.05) is 42.5 Å². The molecule has 0 fully saturated rings. The number of carbonyl (C=O) groups is 1. The van der Waals surface area contributed by atoms with E-state index in [0.717, 1.165) is 5.56 Å². The van der Waals surface area contributed by atoms with Crippen LogP contribution < -0.4 is 5.73 Å². The van der Waals surface area contributed by atoms with Gasteiger partial charge in [0.2, 0.25) is 0 Å². The van der Waals surface area contributed by atoms with E-state index in [0.29, 0.717) is 12.0 Å². The number of para-hydroxylation sites is 1. The Morgan fingerprint density at radius 2 is 1.76 bits per heavy atom. The van der Waals surface area contributed by atoms with Crippen LogP contribution in [0.2, 0.25) is 0 Å². The monoisotopic (exact) mass is 227 g/mol. The fourth-order valence-electron chi connectivity index (χ4n) is 1.75. The standard InChI is InChI=1S/C14H13NO2/c15-14(17)12-8-4-7-11(13(12)16)9-10-5-2-1-3-6-10/h1-8,16H,9H2,(H2,15,17). The Bertz CT molecular complexity index is 535. The molecule has 0 aliphatic rings. The minimum atomic E-state index is -0.614. The van der Waals surface area contributed by atoms with Gasteiger partial charge in [-0.2, -0.15) is 0 Å². The summed E-state index contributed by atoms with van der Waals surface area (Å²) >= 11 is 0. The largest absolute Gasteiger partial charge is 0.507 e. The van der Waals surface area contributed by atoms with Crippen LogP contribution in [0.25, 0.3) is 0 Å². The summed E-state index contributed by atoms with van der Waals surface area (Å²) in [5.74, 6) is -0.638. The Hall–Kier alpha value is -2.29. The molecule has 17 heavy (non-hydrogen) atoms. The average Bonchev–Trinajstić information content (AvgIpc) is 2.33. The molecule has 0 spiro atoms. The highest BCUT2D eigenvalue weighted by molar-refractivity contribution is 5.95. The van der Waals surface area contributed by atoms with Crippen molar-refractivity contribution in [1.29, 1.82) is 0 Å². The van der Waals surface area contributed by atoms with Gasteiger partial charge in [0.15, 0.2) is 0 Å². The summed E-state index contributed by atoms with van der Waals surface area (Å²) in [6.45, 7) is 0. The number of benzene rings is 2. The number of phenols is 1. The second-order valence-electron chi connectivity index (χ2n) is 3.84. The zero-order chi connectivity index (χ0) is 12.3. The molecular weight excluding hydrogens is 214 g/mol. The lowest BCUT2D eigenvalue weighted by Gasteiger charge is -2.07. The number of aromatic hydroxyl groups is 1. The van der Waals surface area contributed by atoms with Crippen molar-refractivity contribution in [1.82, 2.24) is 0 Å². The van der Waals surface area contributed by atoms with Gasteiger partial charge in [-0.25, -0.2) is 0 Å². The Balaban J connectivity index is 2.34. The van der Waals surface area contributed by atoms with E-state index in [1.54, 1.807) is 12.1 Å². The first-order chi connectivity index (χ1) is 8.18. The number of nitrogens with two attached hydrogens (primary N) is 1. The highest BCUT2D eigenvalue weighted by Crippen LogP contribution is 2.24. The molecule has 86 valence electrons. The molecule has 0 aromatic heterocycles. The van der Waals surface area contributed by atoms with E-state index in [4.69, 9.17) is 5.73 Å². The highest BCUT2D eigenvalue weighted by Gasteiger charge is 2.11. The Morgan fingerprint density at radius 3 is 2.41 bits per heavy atom. The number of hydrogen-bond acceptors (Lipinski definition) is 2. The van der Waals surface area contributed by atoms with E-state index < -0.39 is 5.91 Å². The molecule has 0 aliphatic heterocycles.